The fraction of sp³-hybridized carbons (Fsp3) is 0.714. The summed E-state index contributed by atoms with van der Waals surface area (Å²) in [5, 5.41) is 0. The summed E-state index contributed by atoms with van der Waals surface area (Å²) in [6.45, 7) is 2.14. The lowest BCUT2D eigenvalue weighted by Crippen LogP contribution is -1.77. The lowest BCUT2D eigenvalue weighted by Gasteiger charge is -1.89. The van der Waals surface area contributed by atoms with Crippen LogP contribution < -0.4 is 0 Å². The van der Waals surface area contributed by atoms with Crippen molar-refractivity contribution in [2.45, 2.75) is 32.6 Å². The Morgan fingerprint density at radius 1 is 1.25 bits per heavy atom. The van der Waals surface area contributed by atoms with Crippen LogP contribution in [0.2, 0.25) is 0 Å². The van der Waals surface area contributed by atoms with Gasteiger partial charge in [-0.25, -0.2) is 0 Å². The highest BCUT2D eigenvalue weighted by Gasteiger charge is 1.83. The van der Waals surface area contributed by atoms with E-state index in [1.165, 1.54) is 6.42 Å². The van der Waals surface area contributed by atoms with Crippen LogP contribution in [-0.2, 0) is 4.79 Å². The Kier molecular flexibility index (Phi) is 6.39. The summed E-state index contributed by atoms with van der Waals surface area (Å²) in [6.07, 6.45) is 7.12. The molecule has 0 amide bonds. The molecule has 0 aromatic carbocycles. The summed E-state index contributed by atoms with van der Waals surface area (Å²) in [4.78, 5) is 9.75. The van der Waals surface area contributed by atoms with Crippen LogP contribution in [0.15, 0.2) is 0 Å². The molecule has 0 aliphatic rings. The van der Waals surface area contributed by atoms with Crippen LogP contribution in [0.25, 0.3) is 0 Å². The Hall–Kier alpha value is -0.330. The molecule has 0 saturated heterocycles. The van der Waals surface area contributed by atoms with E-state index in [1.807, 2.05) is 0 Å². The molecule has 1 heteroatoms. The van der Waals surface area contributed by atoms with Crippen molar-refractivity contribution in [1.82, 2.24) is 0 Å². The number of aldehydes is 1. The number of carbonyl (C=O) groups is 1. The van der Waals surface area contributed by atoms with Gasteiger partial charge < -0.3 is 4.79 Å². The molecule has 0 aliphatic heterocycles. The first-order chi connectivity index (χ1) is 3.91. The van der Waals surface area contributed by atoms with Gasteiger partial charge >= 0.3 is 0 Å². The SMILES string of the molecule is CCC[CH]CCC=O. The predicted molar refractivity (Wildman–Crippen MR) is 34.5 cm³/mol. The van der Waals surface area contributed by atoms with Gasteiger partial charge in [-0.1, -0.05) is 19.8 Å². The predicted octanol–water partition coefficient (Wildman–Crippen LogP) is 1.97. The van der Waals surface area contributed by atoms with E-state index in [-0.39, 0.29) is 0 Å². The number of carbonyl (C=O) groups excluding carboxylic acids is 1. The van der Waals surface area contributed by atoms with Gasteiger partial charge in [0.25, 0.3) is 0 Å². The van der Waals surface area contributed by atoms with Crippen molar-refractivity contribution < 1.29 is 4.79 Å². The van der Waals surface area contributed by atoms with Crippen molar-refractivity contribution in [3.05, 3.63) is 6.42 Å². The summed E-state index contributed by atoms with van der Waals surface area (Å²) in [6, 6.07) is 0. The highest BCUT2D eigenvalue weighted by atomic mass is 16.1. The highest BCUT2D eigenvalue weighted by Crippen LogP contribution is 1.97. The second kappa shape index (κ2) is 6.67. The molecule has 0 N–H and O–H groups in total. The third-order valence-electron chi connectivity index (χ3n) is 0.981. The van der Waals surface area contributed by atoms with Crippen LogP contribution in [0.3, 0.4) is 0 Å². The molecular weight excluding hydrogens is 100 g/mol. The van der Waals surface area contributed by atoms with E-state index in [2.05, 4.69) is 13.3 Å². The Bertz CT molecular complexity index is 50.3. The van der Waals surface area contributed by atoms with Gasteiger partial charge in [-0.2, -0.15) is 0 Å². The van der Waals surface area contributed by atoms with Crippen LogP contribution >= 0.6 is 0 Å². The van der Waals surface area contributed by atoms with E-state index in [0.717, 1.165) is 19.1 Å². The molecule has 0 atom stereocenters. The summed E-state index contributed by atoms with van der Waals surface area (Å²) in [7, 11) is 0. The van der Waals surface area contributed by atoms with Crippen molar-refractivity contribution in [2.75, 3.05) is 0 Å². The van der Waals surface area contributed by atoms with Crippen molar-refractivity contribution in [2.24, 2.45) is 0 Å². The smallest absolute Gasteiger partial charge is 0.120 e. The van der Waals surface area contributed by atoms with Gasteiger partial charge in [0.05, 0.1) is 0 Å². The molecule has 0 saturated carbocycles. The van der Waals surface area contributed by atoms with Crippen LogP contribution in [0.4, 0.5) is 0 Å². The highest BCUT2D eigenvalue weighted by molar-refractivity contribution is 5.49. The maximum absolute atomic E-state index is 9.75. The number of rotatable bonds is 5. The van der Waals surface area contributed by atoms with Gasteiger partial charge in [-0.05, 0) is 12.8 Å². The first-order valence-electron chi connectivity index (χ1n) is 3.17. The summed E-state index contributed by atoms with van der Waals surface area (Å²) < 4.78 is 0. The minimum atomic E-state index is 0.694. The standard InChI is InChI=1S/C7H13O/c1-2-3-4-5-6-7-8/h4,7H,2-3,5-6H2,1H3. The minimum absolute atomic E-state index is 0.694. The van der Waals surface area contributed by atoms with Crippen LogP contribution in [-0.4, -0.2) is 6.29 Å². The van der Waals surface area contributed by atoms with Gasteiger partial charge in [-0.3, -0.25) is 0 Å². The second-order valence-corrected chi connectivity index (χ2v) is 1.82. The van der Waals surface area contributed by atoms with Gasteiger partial charge in [0.1, 0.15) is 6.29 Å². The average molecular weight is 113 g/mol. The average Bonchev–Trinajstić information content (AvgIpc) is 1.81. The fourth-order valence-corrected chi connectivity index (χ4v) is 0.534. The molecule has 0 rings (SSSR count). The molecule has 1 radical (unpaired) electrons. The van der Waals surface area contributed by atoms with Gasteiger partial charge in [0.15, 0.2) is 0 Å². The Labute approximate surface area is 51.1 Å². The number of unbranched alkanes of at least 4 members (excludes halogenated alkanes) is 4. The molecule has 0 unspecified atom stereocenters. The van der Waals surface area contributed by atoms with E-state index in [1.54, 1.807) is 0 Å². The summed E-state index contributed by atoms with van der Waals surface area (Å²) >= 11 is 0. The molecule has 0 bridgehead atoms. The maximum Gasteiger partial charge on any atom is 0.120 e. The monoisotopic (exact) mass is 113 g/mol. The van der Waals surface area contributed by atoms with Crippen LogP contribution in [0.5, 0.6) is 0 Å². The zero-order valence-corrected chi connectivity index (χ0v) is 5.39. The summed E-state index contributed by atoms with van der Waals surface area (Å²) in [5.74, 6) is 0. The third-order valence-corrected chi connectivity index (χ3v) is 0.981. The third kappa shape index (κ3) is 5.67. The fourth-order valence-electron chi connectivity index (χ4n) is 0.534. The van der Waals surface area contributed by atoms with Crippen molar-refractivity contribution >= 4 is 6.29 Å². The molecule has 47 valence electrons. The molecule has 0 aromatic rings. The van der Waals surface area contributed by atoms with Gasteiger partial charge in [0, 0.05) is 6.42 Å². The Morgan fingerprint density at radius 3 is 2.50 bits per heavy atom. The second-order valence-electron chi connectivity index (χ2n) is 1.82. The zero-order chi connectivity index (χ0) is 6.24. The van der Waals surface area contributed by atoms with E-state index in [0.29, 0.717) is 6.42 Å². The van der Waals surface area contributed by atoms with Crippen molar-refractivity contribution in [1.29, 1.82) is 0 Å². The van der Waals surface area contributed by atoms with Gasteiger partial charge in [0.2, 0.25) is 0 Å². The van der Waals surface area contributed by atoms with Crippen molar-refractivity contribution in [3.8, 4) is 0 Å². The topological polar surface area (TPSA) is 17.1 Å². The molecular formula is C7H13O. The van der Waals surface area contributed by atoms with E-state index >= 15 is 0 Å². The molecule has 1 nitrogen and oxygen atoms in total. The minimum Gasteiger partial charge on any atom is -0.303 e. The first-order valence-corrected chi connectivity index (χ1v) is 3.17. The number of hydrogen-bond acceptors (Lipinski definition) is 1. The largest absolute Gasteiger partial charge is 0.303 e. The van der Waals surface area contributed by atoms with Crippen LogP contribution in [0, 0.1) is 6.42 Å². The molecule has 0 spiro atoms. The quantitative estimate of drug-likeness (QED) is 0.393. The van der Waals surface area contributed by atoms with Crippen LogP contribution in [0.1, 0.15) is 32.6 Å². The van der Waals surface area contributed by atoms with E-state index in [4.69, 9.17) is 0 Å². The maximum atomic E-state index is 9.75. The molecule has 0 aliphatic carbocycles. The van der Waals surface area contributed by atoms with Gasteiger partial charge in [-0.15, -0.1) is 0 Å². The first kappa shape index (κ1) is 7.67. The lowest BCUT2D eigenvalue weighted by molar-refractivity contribution is -0.107. The molecule has 8 heavy (non-hydrogen) atoms. The zero-order valence-electron chi connectivity index (χ0n) is 5.39. The lowest BCUT2D eigenvalue weighted by atomic mass is 10.2. The summed E-state index contributed by atoms with van der Waals surface area (Å²) in [5.41, 5.74) is 0. The van der Waals surface area contributed by atoms with E-state index in [9.17, 15) is 4.79 Å². The van der Waals surface area contributed by atoms with Crippen molar-refractivity contribution in [3.63, 3.8) is 0 Å². The van der Waals surface area contributed by atoms with E-state index < -0.39 is 0 Å². The molecule has 0 aromatic heterocycles. The Morgan fingerprint density at radius 2 is 2.00 bits per heavy atom. The molecule has 0 fully saturated rings. The normalized spacial score (nSPS) is 9.12. The molecule has 0 heterocycles. The Balaban J connectivity index is 2.62. The number of hydrogen-bond donors (Lipinski definition) is 0.